The van der Waals surface area contributed by atoms with Crippen molar-refractivity contribution >= 4 is 17.7 Å². The molecule has 1 atom stereocenters. The third-order valence-corrected chi connectivity index (χ3v) is 4.75. The fourth-order valence-corrected chi connectivity index (χ4v) is 3.07. The molecule has 0 unspecified atom stereocenters. The summed E-state index contributed by atoms with van der Waals surface area (Å²) in [5.41, 5.74) is -0.421. The molecule has 0 spiro atoms. The molecule has 2 amide bonds. The second-order valence-electron chi connectivity index (χ2n) is 7.06. The molecule has 4 N–H and O–H groups in total. The second kappa shape index (κ2) is 10.2. The SMILES string of the molecule is COc1ccccc1Oc1ccc([C@H](CC(=O)O)NC(=O)Nc2c(O)ccn(C)c2=O)cc1. The number of pyridine rings is 1. The number of ether oxygens (including phenoxy) is 2. The van der Waals surface area contributed by atoms with Crippen LogP contribution in [0.1, 0.15) is 18.0 Å². The molecule has 0 aliphatic rings. The van der Waals surface area contributed by atoms with E-state index in [0.717, 1.165) is 0 Å². The van der Waals surface area contributed by atoms with Crippen LogP contribution in [0.5, 0.6) is 23.0 Å². The number of aromatic hydroxyl groups is 1. The van der Waals surface area contributed by atoms with Crippen LogP contribution in [0.3, 0.4) is 0 Å². The van der Waals surface area contributed by atoms with Gasteiger partial charge in [0.2, 0.25) is 0 Å². The van der Waals surface area contributed by atoms with Crippen LogP contribution in [0.25, 0.3) is 0 Å². The van der Waals surface area contributed by atoms with Crippen molar-refractivity contribution in [2.45, 2.75) is 12.5 Å². The quantitative estimate of drug-likeness (QED) is 0.411. The van der Waals surface area contributed by atoms with Gasteiger partial charge < -0.3 is 34.9 Å². The van der Waals surface area contributed by atoms with Crippen LogP contribution in [0.15, 0.2) is 65.6 Å². The molecule has 33 heavy (non-hydrogen) atoms. The molecule has 1 aromatic heterocycles. The number of carbonyl (C=O) groups is 2. The number of aryl methyl sites for hydroxylation is 1. The number of rotatable bonds is 8. The van der Waals surface area contributed by atoms with Gasteiger partial charge in [0.15, 0.2) is 17.2 Å². The molecule has 0 saturated heterocycles. The molecule has 1 heterocycles. The number of hydrogen-bond acceptors (Lipinski definition) is 6. The summed E-state index contributed by atoms with van der Waals surface area (Å²) in [7, 11) is 3.00. The lowest BCUT2D eigenvalue weighted by molar-refractivity contribution is -0.137. The molecule has 0 saturated carbocycles. The Morgan fingerprint density at radius 2 is 1.73 bits per heavy atom. The molecular formula is C23H23N3O7. The van der Waals surface area contributed by atoms with Crippen LogP contribution >= 0.6 is 0 Å². The van der Waals surface area contributed by atoms with Gasteiger partial charge in [-0.1, -0.05) is 24.3 Å². The minimum Gasteiger partial charge on any atom is -0.505 e. The number of anilines is 1. The molecule has 10 nitrogen and oxygen atoms in total. The van der Waals surface area contributed by atoms with Gasteiger partial charge in [0.25, 0.3) is 5.56 Å². The summed E-state index contributed by atoms with van der Waals surface area (Å²) in [6.07, 6.45) is 0.946. The minimum atomic E-state index is -1.13. The number of amides is 2. The number of carboxylic acid groups (broad SMARTS) is 1. The molecule has 3 aromatic rings. The van der Waals surface area contributed by atoms with Gasteiger partial charge in [-0.3, -0.25) is 9.59 Å². The van der Waals surface area contributed by atoms with Crippen LogP contribution in [-0.4, -0.2) is 33.9 Å². The molecule has 10 heteroatoms. The second-order valence-corrected chi connectivity index (χ2v) is 7.06. The van der Waals surface area contributed by atoms with Gasteiger partial charge >= 0.3 is 12.0 Å². The molecular weight excluding hydrogens is 430 g/mol. The Morgan fingerprint density at radius 3 is 2.36 bits per heavy atom. The number of carbonyl (C=O) groups excluding carboxylic acids is 1. The number of nitrogens with zero attached hydrogens (tertiary/aromatic N) is 1. The van der Waals surface area contributed by atoms with Crippen molar-refractivity contribution < 1.29 is 29.3 Å². The number of aromatic nitrogens is 1. The van der Waals surface area contributed by atoms with Crippen molar-refractivity contribution in [2.24, 2.45) is 7.05 Å². The summed E-state index contributed by atoms with van der Waals surface area (Å²) in [4.78, 5) is 35.9. The van der Waals surface area contributed by atoms with Crippen molar-refractivity contribution in [3.8, 4) is 23.0 Å². The summed E-state index contributed by atoms with van der Waals surface area (Å²) in [5, 5.41) is 24.0. The number of nitrogens with one attached hydrogen (secondary N) is 2. The third kappa shape index (κ3) is 5.82. The Morgan fingerprint density at radius 1 is 1.06 bits per heavy atom. The summed E-state index contributed by atoms with van der Waals surface area (Å²) in [6, 6.07) is 13.1. The smallest absolute Gasteiger partial charge is 0.319 e. The van der Waals surface area contributed by atoms with Crippen molar-refractivity contribution in [1.82, 2.24) is 9.88 Å². The number of hydrogen-bond donors (Lipinski definition) is 4. The van der Waals surface area contributed by atoms with Crippen LogP contribution in [0.2, 0.25) is 0 Å². The normalized spacial score (nSPS) is 11.3. The summed E-state index contributed by atoms with van der Waals surface area (Å²) in [6.45, 7) is 0. The predicted molar refractivity (Wildman–Crippen MR) is 120 cm³/mol. The molecule has 3 rings (SSSR count). The van der Waals surface area contributed by atoms with Gasteiger partial charge in [-0.25, -0.2) is 4.79 Å². The number of aliphatic carboxylic acids is 1. The standard InChI is InChI=1S/C23H23N3O7/c1-26-12-11-17(27)21(22(26)30)25-23(31)24-16(13-20(28)29)14-7-9-15(10-8-14)33-19-6-4-3-5-18(19)32-2/h3-12,16,27H,13H2,1-2H3,(H,28,29)(H2,24,25,31)/t16-/m0/s1. The Labute approximate surface area is 189 Å². The molecule has 0 radical (unpaired) electrons. The minimum absolute atomic E-state index is 0.313. The van der Waals surface area contributed by atoms with Gasteiger partial charge in [0, 0.05) is 13.2 Å². The highest BCUT2D eigenvalue weighted by Crippen LogP contribution is 2.31. The van der Waals surface area contributed by atoms with E-state index in [4.69, 9.17) is 9.47 Å². The molecule has 2 aromatic carbocycles. The van der Waals surface area contributed by atoms with E-state index in [2.05, 4.69) is 10.6 Å². The maximum atomic E-state index is 12.5. The third-order valence-electron chi connectivity index (χ3n) is 4.75. The maximum absolute atomic E-state index is 12.5. The lowest BCUT2D eigenvalue weighted by Crippen LogP contribution is -2.35. The van der Waals surface area contributed by atoms with Gasteiger partial charge in [-0.15, -0.1) is 0 Å². The van der Waals surface area contributed by atoms with E-state index < -0.39 is 35.8 Å². The first-order valence-corrected chi connectivity index (χ1v) is 9.87. The molecule has 0 aliphatic heterocycles. The molecule has 0 bridgehead atoms. The van der Waals surface area contributed by atoms with Gasteiger partial charge in [-0.05, 0) is 35.9 Å². The highest BCUT2D eigenvalue weighted by atomic mass is 16.5. The first kappa shape index (κ1) is 23.2. The fraction of sp³-hybridized carbons (Fsp3) is 0.174. The van der Waals surface area contributed by atoms with Crippen molar-refractivity contribution in [1.29, 1.82) is 0 Å². The maximum Gasteiger partial charge on any atom is 0.319 e. The van der Waals surface area contributed by atoms with Gasteiger partial charge in [0.1, 0.15) is 11.5 Å². The predicted octanol–water partition coefficient (Wildman–Crippen LogP) is 3.23. The number of urea groups is 1. The summed E-state index contributed by atoms with van der Waals surface area (Å²) in [5.74, 6) is 0.0176. The zero-order chi connectivity index (χ0) is 24.0. The van der Waals surface area contributed by atoms with E-state index in [0.29, 0.717) is 22.8 Å². The number of para-hydroxylation sites is 2. The molecule has 0 fully saturated rings. The number of carboxylic acids is 1. The Balaban J connectivity index is 1.76. The zero-order valence-corrected chi connectivity index (χ0v) is 17.9. The number of benzene rings is 2. The molecule has 0 aliphatic carbocycles. The Hall–Kier alpha value is -4.47. The first-order valence-electron chi connectivity index (χ1n) is 9.87. The topological polar surface area (TPSA) is 139 Å². The van der Waals surface area contributed by atoms with Crippen molar-refractivity contribution in [3.05, 3.63) is 76.7 Å². The Kier molecular flexibility index (Phi) is 7.19. The average Bonchev–Trinajstić information content (AvgIpc) is 2.79. The van der Waals surface area contributed by atoms with E-state index in [1.54, 1.807) is 42.5 Å². The zero-order valence-electron chi connectivity index (χ0n) is 17.9. The van der Waals surface area contributed by atoms with E-state index in [1.807, 2.05) is 6.07 Å². The largest absolute Gasteiger partial charge is 0.505 e. The lowest BCUT2D eigenvalue weighted by atomic mass is 10.0. The highest BCUT2D eigenvalue weighted by Gasteiger charge is 2.20. The van der Waals surface area contributed by atoms with E-state index in [-0.39, 0.29) is 5.69 Å². The fourth-order valence-electron chi connectivity index (χ4n) is 3.07. The van der Waals surface area contributed by atoms with Crippen LogP contribution in [0, 0.1) is 0 Å². The van der Waals surface area contributed by atoms with Crippen LogP contribution in [-0.2, 0) is 11.8 Å². The van der Waals surface area contributed by atoms with Gasteiger partial charge in [0.05, 0.1) is 19.6 Å². The highest BCUT2D eigenvalue weighted by molar-refractivity contribution is 5.91. The monoisotopic (exact) mass is 453 g/mol. The average molecular weight is 453 g/mol. The Bertz CT molecular complexity index is 1210. The van der Waals surface area contributed by atoms with Crippen molar-refractivity contribution in [3.63, 3.8) is 0 Å². The van der Waals surface area contributed by atoms with Crippen LogP contribution < -0.4 is 25.7 Å². The molecule has 172 valence electrons. The summed E-state index contributed by atoms with van der Waals surface area (Å²) >= 11 is 0. The van der Waals surface area contributed by atoms with Crippen LogP contribution in [0.4, 0.5) is 10.5 Å². The van der Waals surface area contributed by atoms with E-state index >= 15 is 0 Å². The van der Waals surface area contributed by atoms with E-state index in [9.17, 15) is 24.6 Å². The lowest BCUT2D eigenvalue weighted by Gasteiger charge is -2.19. The van der Waals surface area contributed by atoms with E-state index in [1.165, 1.54) is 31.0 Å². The number of methoxy groups -OCH3 is 1. The van der Waals surface area contributed by atoms with Crippen molar-refractivity contribution in [2.75, 3.05) is 12.4 Å². The first-order chi connectivity index (χ1) is 15.8. The summed E-state index contributed by atoms with van der Waals surface area (Å²) < 4.78 is 12.2. The van der Waals surface area contributed by atoms with Gasteiger partial charge in [-0.2, -0.15) is 0 Å².